The number of amides is 1. The molecule has 2 heterocycles. The van der Waals surface area contributed by atoms with Gasteiger partial charge in [0.05, 0.1) is 12.0 Å². The zero-order valence-electron chi connectivity index (χ0n) is 12.1. The molecule has 0 spiro atoms. The van der Waals surface area contributed by atoms with E-state index in [1.165, 1.54) is 12.3 Å². The van der Waals surface area contributed by atoms with E-state index in [1.54, 1.807) is 30.3 Å². The number of ether oxygens (including phenoxy) is 1. The second-order valence-corrected chi connectivity index (χ2v) is 4.96. The quantitative estimate of drug-likeness (QED) is 0.691. The van der Waals surface area contributed by atoms with Gasteiger partial charge in [0, 0.05) is 18.1 Å². The smallest absolute Gasteiger partial charge is 0.291 e. The number of fused-ring (bicyclic) bond motifs is 1. The molecule has 1 N–H and O–H groups in total. The summed E-state index contributed by atoms with van der Waals surface area (Å²) in [6, 6.07) is 8.50. The molecule has 1 aromatic heterocycles. The molecule has 5 heteroatoms. The number of nitrogens with one attached hydrogen (secondary N) is 1. The molecule has 3 rings (SSSR count). The number of furan rings is 1. The fraction of sp³-hybridized carbons (Fsp3) is 0.176. The minimum atomic E-state index is -0.371. The second kappa shape index (κ2) is 5.89. The van der Waals surface area contributed by atoms with E-state index in [2.05, 4.69) is 5.32 Å². The molecule has 0 bridgehead atoms. The lowest BCUT2D eigenvalue weighted by molar-refractivity contribution is -0.115. The monoisotopic (exact) mass is 297 g/mol. The van der Waals surface area contributed by atoms with Crippen LogP contribution in [0, 0.1) is 0 Å². The highest BCUT2D eigenvalue weighted by Gasteiger charge is 2.23. The van der Waals surface area contributed by atoms with Gasteiger partial charge in [-0.3, -0.25) is 9.59 Å². The molecule has 0 fully saturated rings. The van der Waals surface area contributed by atoms with E-state index in [1.807, 2.05) is 6.92 Å². The molecular weight excluding hydrogens is 282 g/mol. The molecule has 0 saturated heterocycles. The van der Waals surface area contributed by atoms with Gasteiger partial charge in [-0.05, 0) is 36.8 Å². The fourth-order valence-corrected chi connectivity index (χ4v) is 2.21. The Morgan fingerprint density at radius 2 is 2.18 bits per heavy atom. The summed E-state index contributed by atoms with van der Waals surface area (Å²) in [4.78, 5) is 24.0. The molecule has 0 saturated carbocycles. The van der Waals surface area contributed by atoms with Crippen molar-refractivity contribution in [2.45, 2.75) is 19.8 Å². The average molecular weight is 297 g/mol. The highest BCUT2D eigenvalue weighted by atomic mass is 16.5. The predicted octanol–water partition coefficient (Wildman–Crippen LogP) is 3.63. The summed E-state index contributed by atoms with van der Waals surface area (Å²) >= 11 is 0. The van der Waals surface area contributed by atoms with E-state index in [4.69, 9.17) is 9.15 Å². The van der Waals surface area contributed by atoms with Crippen LogP contribution in [-0.4, -0.2) is 11.7 Å². The molecule has 22 heavy (non-hydrogen) atoms. The van der Waals surface area contributed by atoms with Crippen LogP contribution in [0.25, 0.3) is 6.08 Å². The van der Waals surface area contributed by atoms with E-state index in [-0.39, 0.29) is 17.4 Å². The van der Waals surface area contributed by atoms with Crippen LogP contribution < -0.4 is 10.1 Å². The van der Waals surface area contributed by atoms with Gasteiger partial charge in [-0.2, -0.15) is 0 Å². The van der Waals surface area contributed by atoms with Gasteiger partial charge < -0.3 is 14.5 Å². The number of rotatable bonds is 4. The SMILES string of the molecule is CCCC(=O)c1ccc2c(c1)NC(=O)/C(=C\c1ccco1)O2. The van der Waals surface area contributed by atoms with Crippen molar-refractivity contribution in [2.24, 2.45) is 0 Å². The molecule has 1 amide bonds. The largest absolute Gasteiger partial charge is 0.465 e. The van der Waals surface area contributed by atoms with Crippen LogP contribution in [0.5, 0.6) is 5.75 Å². The number of anilines is 1. The van der Waals surface area contributed by atoms with Crippen LogP contribution in [-0.2, 0) is 4.79 Å². The number of hydrogen-bond acceptors (Lipinski definition) is 4. The highest BCUT2D eigenvalue weighted by molar-refractivity contribution is 6.09. The third-order valence-electron chi connectivity index (χ3n) is 3.29. The van der Waals surface area contributed by atoms with Crippen molar-refractivity contribution in [3.05, 3.63) is 53.7 Å². The lowest BCUT2D eigenvalue weighted by atomic mass is 10.1. The highest BCUT2D eigenvalue weighted by Crippen LogP contribution is 2.32. The van der Waals surface area contributed by atoms with E-state index < -0.39 is 0 Å². The number of Topliss-reactive ketones (excluding diaryl/α,β-unsaturated/α-hetero) is 1. The Balaban J connectivity index is 1.88. The van der Waals surface area contributed by atoms with Gasteiger partial charge in [-0.15, -0.1) is 0 Å². The topological polar surface area (TPSA) is 68.5 Å². The molecule has 0 radical (unpaired) electrons. The van der Waals surface area contributed by atoms with Crippen molar-refractivity contribution in [3.63, 3.8) is 0 Å². The summed E-state index contributed by atoms with van der Waals surface area (Å²) in [6.45, 7) is 1.95. The molecule has 1 aromatic carbocycles. The Kier molecular flexibility index (Phi) is 3.78. The van der Waals surface area contributed by atoms with Gasteiger partial charge in [-0.25, -0.2) is 0 Å². The lowest BCUT2D eigenvalue weighted by Gasteiger charge is -2.20. The summed E-state index contributed by atoms with van der Waals surface area (Å²) in [5.41, 5.74) is 1.08. The Hall–Kier alpha value is -2.82. The first-order chi connectivity index (χ1) is 10.7. The van der Waals surface area contributed by atoms with E-state index in [9.17, 15) is 9.59 Å². The Bertz CT molecular complexity index is 744. The van der Waals surface area contributed by atoms with Crippen LogP contribution >= 0.6 is 0 Å². The van der Waals surface area contributed by atoms with Crippen LogP contribution in [0.15, 0.2) is 46.8 Å². The molecule has 112 valence electrons. The molecule has 1 aliphatic heterocycles. The second-order valence-electron chi connectivity index (χ2n) is 4.96. The van der Waals surface area contributed by atoms with Crippen molar-refractivity contribution in [1.29, 1.82) is 0 Å². The van der Waals surface area contributed by atoms with Gasteiger partial charge in [-0.1, -0.05) is 6.92 Å². The zero-order valence-corrected chi connectivity index (χ0v) is 12.1. The number of benzene rings is 1. The van der Waals surface area contributed by atoms with Crippen LogP contribution in [0.2, 0.25) is 0 Å². The molecular formula is C17H15NO4. The first-order valence-corrected chi connectivity index (χ1v) is 7.09. The summed E-state index contributed by atoms with van der Waals surface area (Å²) in [5.74, 6) is 0.865. The van der Waals surface area contributed by atoms with Crippen molar-refractivity contribution in [1.82, 2.24) is 0 Å². The molecule has 5 nitrogen and oxygen atoms in total. The normalized spacial score (nSPS) is 15.1. The van der Waals surface area contributed by atoms with Crippen LogP contribution in [0.1, 0.15) is 35.9 Å². The van der Waals surface area contributed by atoms with Crippen molar-refractivity contribution in [2.75, 3.05) is 5.32 Å². The summed E-state index contributed by atoms with van der Waals surface area (Å²) in [7, 11) is 0. The van der Waals surface area contributed by atoms with E-state index in [0.29, 0.717) is 29.2 Å². The first-order valence-electron chi connectivity index (χ1n) is 7.09. The lowest BCUT2D eigenvalue weighted by Crippen LogP contribution is -2.23. The Labute approximate surface area is 127 Å². The number of carbonyl (C=O) groups is 2. The van der Waals surface area contributed by atoms with Crippen LogP contribution in [0.4, 0.5) is 5.69 Å². The third-order valence-corrected chi connectivity index (χ3v) is 3.29. The number of hydrogen-bond donors (Lipinski definition) is 1. The maximum atomic E-state index is 12.1. The molecule has 0 aliphatic carbocycles. The average Bonchev–Trinajstić information content (AvgIpc) is 3.01. The maximum absolute atomic E-state index is 12.1. The molecule has 1 aliphatic rings. The van der Waals surface area contributed by atoms with Crippen molar-refractivity contribution in [3.8, 4) is 5.75 Å². The molecule has 0 atom stereocenters. The van der Waals surface area contributed by atoms with E-state index in [0.717, 1.165) is 6.42 Å². The summed E-state index contributed by atoms with van der Waals surface area (Å²) < 4.78 is 10.8. The van der Waals surface area contributed by atoms with Gasteiger partial charge in [0.25, 0.3) is 5.91 Å². The maximum Gasteiger partial charge on any atom is 0.291 e. The van der Waals surface area contributed by atoms with Crippen LogP contribution in [0.3, 0.4) is 0 Å². The van der Waals surface area contributed by atoms with Gasteiger partial charge in [0.1, 0.15) is 5.76 Å². The Morgan fingerprint density at radius 3 is 2.91 bits per heavy atom. The first kappa shape index (κ1) is 14.1. The molecule has 2 aromatic rings. The fourth-order valence-electron chi connectivity index (χ4n) is 2.21. The number of ketones is 1. The van der Waals surface area contributed by atoms with Crippen molar-refractivity contribution < 1.29 is 18.7 Å². The predicted molar refractivity (Wildman–Crippen MR) is 81.6 cm³/mol. The number of carbonyl (C=O) groups excluding carboxylic acids is 2. The Morgan fingerprint density at radius 1 is 1.32 bits per heavy atom. The standard InChI is InChI=1S/C17H15NO4/c1-2-4-14(19)11-6-7-15-13(9-11)18-17(20)16(22-15)10-12-5-3-8-21-12/h3,5-10H,2,4H2,1H3,(H,18,20)/b16-10+. The van der Waals surface area contributed by atoms with E-state index >= 15 is 0 Å². The minimum absolute atomic E-state index is 0.0523. The third kappa shape index (κ3) is 2.79. The van der Waals surface area contributed by atoms with Gasteiger partial charge in [0.15, 0.2) is 17.3 Å². The minimum Gasteiger partial charge on any atom is -0.465 e. The van der Waals surface area contributed by atoms with Gasteiger partial charge >= 0.3 is 0 Å². The van der Waals surface area contributed by atoms with Gasteiger partial charge in [0.2, 0.25) is 0 Å². The summed E-state index contributed by atoms with van der Waals surface area (Å²) in [6.07, 6.45) is 4.31. The zero-order chi connectivity index (χ0) is 15.5. The van der Waals surface area contributed by atoms with Crippen molar-refractivity contribution >= 4 is 23.5 Å². The summed E-state index contributed by atoms with van der Waals surface area (Å²) in [5, 5.41) is 2.73. The molecule has 0 unspecified atom stereocenters.